The van der Waals surface area contributed by atoms with Crippen molar-refractivity contribution in [2.24, 2.45) is 0 Å². The Hall–Kier alpha value is -2.59. The quantitative estimate of drug-likeness (QED) is 0.429. The fraction of sp³-hybridized carbons (Fsp3) is 0.318. The molecule has 26 heavy (non-hydrogen) atoms. The molecule has 0 aliphatic carbocycles. The first-order valence-corrected chi connectivity index (χ1v) is 8.90. The number of aryl methyl sites for hydroxylation is 1. The molecule has 4 heteroatoms. The summed E-state index contributed by atoms with van der Waals surface area (Å²) in [7, 11) is 0. The highest BCUT2D eigenvalue weighted by molar-refractivity contribution is 5.88. The fourth-order valence-corrected chi connectivity index (χ4v) is 2.89. The molecule has 4 nitrogen and oxygen atoms in total. The van der Waals surface area contributed by atoms with Crippen LogP contribution in [0.3, 0.4) is 0 Å². The Labute approximate surface area is 154 Å². The molecule has 0 saturated carbocycles. The molecule has 0 spiro atoms. The zero-order valence-electron chi connectivity index (χ0n) is 15.3. The summed E-state index contributed by atoms with van der Waals surface area (Å²) >= 11 is 0. The molecule has 136 valence electrons. The van der Waals surface area contributed by atoms with Crippen LogP contribution in [0.4, 0.5) is 0 Å². The van der Waals surface area contributed by atoms with Gasteiger partial charge in [-0.2, -0.15) is 0 Å². The van der Waals surface area contributed by atoms with Gasteiger partial charge in [0.2, 0.25) is 0 Å². The van der Waals surface area contributed by atoms with E-state index >= 15 is 0 Å². The molecule has 1 atom stereocenters. The molecule has 1 fully saturated rings. The van der Waals surface area contributed by atoms with Gasteiger partial charge in [0, 0.05) is 12.0 Å². The Morgan fingerprint density at radius 1 is 1.12 bits per heavy atom. The molecule has 1 heterocycles. The highest BCUT2D eigenvalue weighted by Gasteiger charge is 2.15. The van der Waals surface area contributed by atoms with E-state index in [2.05, 4.69) is 13.5 Å². The lowest BCUT2D eigenvalue weighted by Crippen LogP contribution is -2.24. The summed E-state index contributed by atoms with van der Waals surface area (Å²) in [6.45, 7) is 8.03. The van der Waals surface area contributed by atoms with Crippen molar-refractivity contribution < 1.29 is 19.0 Å². The van der Waals surface area contributed by atoms with Crippen molar-refractivity contribution in [1.29, 1.82) is 0 Å². The summed E-state index contributed by atoms with van der Waals surface area (Å²) in [6, 6.07) is 13.5. The summed E-state index contributed by atoms with van der Waals surface area (Å²) in [6.07, 6.45) is 3.04. The van der Waals surface area contributed by atoms with Crippen LogP contribution in [0.2, 0.25) is 0 Å². The second-order valence-electron chi connectivity index (χ2n) is 6.58. The third-order valence-electron chi connectivity index (χ3n) is 4.33. The summed E-state index contributed by atoms with van der Waals surface area (Å²) in [5, 5.41) is 0. The fourth-order valence-electron chi connectivity index (χ4n) is 2.89. The van der Waals surface area contributed by atoms with Crippen molar-refractivity contribution in [2.45, 2.75) is 39.4 Å². The average Bonchev–Trinajstić information content (AvgIpc) is 2.63. The first-order chi connectivity index (χ1) is 12.5. The second kappa shape index (κ2) is 8.19. The van der Waals surface area contributed by atoms with Crippen LogP contribution >= 0.6 is 0 Å². The van der Waals surface area contributed by atoms with Crippen molar-refractivity contribution in [3.05, 3.63) is 60.2 Å². The second-order valence-corrected chi connectivity index (χ2v) is 6.58. The molecule has 1 aliphatic rings. The largest absolute Gasteiger partial charge is 0.465 e. The van der Waals surface area contributed by atoms with E-state index in [1.807, 2.05) is 30.3 Å². The zero-order valence-corrected chi connectivity index (χ0v) is 15.3. The summed E-state index contributed by atoms with van der Waals surface area (Å²) < 4.78 is 16.8. The first-order valence-electron chi connectivity index (χ1n) is 8.90. The minimum atomic E-state index is -0.416. The molecule has 2 aromatic rings. The highest BCUT2D eigenvalue weighted by Crippen LogP contribution is 2.29. The summed E-state index contributed by atoms with van der Waals surface area (Å²) in [5.41, 5.74) is 3.66. The van der Waals surface area contributed by atoms with Gasteiger partial charge >= 0.3 is 5.97 Å². The molecule has 1 unspecified atom stereocenters. The SMILES string of the molecule is C=C(C)C(=O)Oc1ccc(-c2ccc(OC3CCCCO3)cc2C)cc1. The number of ether oxygens (including phenoxy) is 3. The molecule has 0 radical (unpaired) electrons. The van der Waals surface area contributed by atoms with Gasteiger partial charge in [0.1, 0.15) is 11.5 Å². The van der Waals surface area contributed by atoms with Crippen LogP contribution in [0, 0.1) is 6.92 Å². The van der Waals surface area contributed by atoms with Gasteiger partial charge in [-0.25, -0.2) is 4.79 Å². The van der Waals surface area contributed by atoms with E-state index in [0.29, 0.717) is 11.3 Å². The average molecular weight is 352 g/mol. The van der Waals surface area contributed by atoms with Gasteiger partial charge in [-0.1, -0.05) is 24.8 Å². The number of hydrogen-bond acceptors (Lipinski definition) is 4. The topological polar surface area (TPSA) is 44.8 Å². The van der Waals surface area contributed by atoms with E-state index in [9.17, 15) is 4.79 Å². The lowest BCUT2D eigenvalue weighted by atomic mass is 10.0. The van der Waals surface area contributed by atoms with Gasteiger partial charge in [-0.3, -0.25) is 0 Å². The Morgan fingerprint density at radius 2 is 1.85 bits per heavy atom. The lowest BCUT2D eigenvalue weighted by Gasteiger charge is -2.23. The standard InChI is InChI=1S/C22H24O4/c1-15(2)22(23)26-18-9-7-17(8-10-18)20-12-11-19(14-16(20)3)25-21-6-4-5-13-24-21/h7-12,14,21H,1,4-6,13H2,2-3H3. The van der Waals surface area contributed by atoms with Crippen LogP contribution in [0.15, 0.2) is 54.6 Å². The molecule has 0 bridgehead atoms. The third kappa shape index (κ3) is 4.52. The molecule has 0 amide bonds. The van der Waals surface area contributed by atoms with Crippen LogP contribution in [0.5, 0.6) is 11.5 Å². The van der Waals surface area contributed by atoms with Crippen molar-refractivity contribution in [3.63, 3.8) is 0 Å². The van der Waals surface area contributed by atoms with E-state index in [0.717, 1.165) is 48.3 Å². The molecule has 0 N–H and O–H groups in total. The van der Waals surface area contributed by atoms with E-state index in [1.165, 1.54) is 0 Å². The van der Waals surface area contributed by atoms with Gasteiger partial charge in [0.05, 0.1) is 6.61 Å². The van der Waals surface area contributed by atoms with E-state index in [-0.39, 0.29) is 6.29 Å². The predicted molar refractivity (Wildman–Crippen MR) is 101 cm³/mol. The number of carbonyl (C=O) groups is 1. The van der Waals surface area contributed by atoms with Gasteiger partial charge < -0.3 is 14.2 Å². The van der Waals surface area contributed by atoms with E-state index in [4.69, 9.17) is 14.2 Å². The highest BCUT2D eigenvalue weighted by atomic mass is 16.7. The molecule has 0 aromatic heterocycles. The number of hydrogen-bond donors (Lipinski definition) is 0. The molecule has 1 aliphatic heterocycles. The smallest absolute Gasteiger partial charge is 0.338 e. The van der Waals surface area contributed by atoms with Crippen molar-refractivity contribution >= 4 is 5.97 Å². The number of carbonyl (C=O) groups excluding carboxylic acids is 1. The minimum absolute atomic E-state index is 0.142. The summed E-state index contributed by atoms with van der Waals surface area (Å²) in [5.74, 6) is 0.916. The molecular weight excluding hydrogens is 328 g/mol. The van der Waals surface area contributed by atoms with Crippen LogP contribution in [0.1, 0.15) is 31.7 Å². The maximum absolute atomic E-state index is 11.6. The van der Waals surface area contributed by atoms with Crippen LogP contribution in [0.25, 0.3) is 11.1 Å². The van der Waals surface area contributed by atoms with Gasteiger partial charge in [-0.15, -0.1) is 0 Å². The van der Waals surface area contributed by atoms with Crippen LogP contribution < -0.4 is 9.47 Å². The Morgan fingerprint density at radius 3 is 2.46 bits per heavy atom. The number of benzene rings is 2. The van der Waals surface area contributed by atoms with E-state index < -0.39 is 5.97 Å². The number of esters is 1. The Balaban J connectivity index is 1.70. The maximum Gasteiger partial charge on any atom is 0.338 e. The summed E-state index contributed by atoms with van der Waals surface area (Å²) in [4.78, 5) is 11.6. The minimum Gasteiger partial charge on any atom is -0.465 e. The predicted octanol–water partition coefficient (Wildman–Crippen LogP) is 5.05. The van der Waals surface area contributed by atoms with Crippen LogP contribution in [-0.4, -0.2) is 18.9 Å². The molecule has 2 aromatic carbocycles. The monoisotopic (exact) mass is 352 g/mol. The van der Waals surface area contributed by atoms with Gasteiger partial charge in [-0.05, 0) is 67.6 Å². The third-order valence-corrected chi connectivity index (χ3v) is 4.33. The maximum atomic E-state index is 11.6. The van der Waals surface area contributed by atoms with Crippen molar-refractivity contribution in [3.8, 4) is 22.6 Å². The van der Waals surface area contributed by atoms with Crippen molar-refractivity contribution in [2.75, 3.05) is 6.61 Å². The van der Waals surface area contributed by atoms with E-state index in [1.54, 1.807) is 19.1 Å². The zero-order chi connectivity index (χ0) is 18.5. The number of rotatable bonds is 5. The van der Waals surface area contributed by atoms with Gasteiger partial charge in [0.25, 0.3) is 0 Å². The normalized spacial score (nSPS) is 16.8. The first kappa shape index (κ1) is 18.2. The molecular formula is C22H24O4. The van der Waals surface area contributed by atoms with Crippen LogP contribution in [-0.2, 0) is 9.53 Å². The lowest BCUT2D eigenvalue weighted by molar-refractivity contribution is -0.130. The Bertz CT molecular complexity index is 786. The Kier molecular flexibility index (Phi) is 5.74. The molecule has 1 saturated heterocycles. The molecule has 3 rings (SSSR count). The van der Waals surface area contributed by atoms with Gasteiger partial charge in [0.15, 0.2) is 6.29 Å². The van der Waals surface area contributed by atoms with Crippen molar-refractivity contribution in [1.82, 2.24) is 0 Å².